The maximum atomic E-state index is 12.1. The van der Waals surface area contributed by atoms with Crippen LogP contribution in [0.3, 0.4) is 0 Å². The first kappa shape index (κ1) is 13.4. The van der Waals surface area contributed by atoms with Crippen LogP contribution in [0.15, 0.2) is 40.9 Å². The highest BCUT2D eigenvalue weighted by Gasteiger charge is 2.14. The van der Waals surface area contributed by atoms with E-state index in [4.69, 9.17) is 5.73 Å². The Morgan fingerprint density at radius 2 is 2.00 bits per heavy atom. The van der Waals surface area contributed by atoms with Gasteiger partial charge >= 0.3 is 0 Å². The van der Waals surface area contributed by atoms with Gasteiger partial charge in [0, 0.05) is 4.47 Å². The van der Waals surface area contributed by atoms with Crippen molar-refractivity contribution in [2.75, 3.05) is 11.1 Å². The average Bonchev–Trinajstić information content (AvgIpc) is 2.34. The molecule has 0 heterocycles. The summed E-state index contributed by atoms with van der Waals surface area (Å²) in [5.74, 6) is -0.476. The van der Waals surface area contributed by atoms with E-state index in [0.29, 0.717) is 15.8 Å². The number of nitrogens with two attached hydrogens (primary N) is 1. The van der Waals surface area contributed by atoms with Gasteiger partial charge in [-0.3, -0.25) is 4.79 Å². The predicted molar refractivity (Wildman–Crippen MR) is 79.4 cm³/mol. The lowest BCUT2D eigenvalue weighted by molar-refractivity contribution is 0.102. The summed E-state index contributed by atoms with van der Waals surface area (Å²) in [4.78, 5) is 12.1. The predicted octanol–water partition coefficient (Wildman–Crippen LogP) is 3.30. The minimum absolute atomic E-state index is 0.0678. The van der Waals surface area contributed by atoms with Crippen molar-refractivity contribution in [2.24, 2.45) is 0 Å². The first-order chi connectivity index (χ1) is 8.99. The molecule has 0 radical (unpaired) electrons. The normalized spacial score (nSPS) is 10.2. The number of carbonyl (C=O) groups is 1. The molecule has 98 valence electrons. The van der Waals surface area contributed by atoms with Gasteiger partial charge in [-0.15, -0.1) is 0 Å². The van der Waals surface area contributed by atoms with Gasteiger partial charge < -0.3 is 16.2 Å². The standard InChI is InChI=1S/C14H13BrN2O2/c1-8-6-10(15)13(11(16)7-8)17-14(19)9-4-2-3-5-12(9)18/h2-7,18H,16H2,1H3,(H,17,19). The fourth-order valence-electron chi connectivity index (χ4n) is 1.75. The fraction of sp³-hybridized carbons (Fsp3) is 0.0714. The number of benzene rings is 2. The Labute approximate surface area is 119 Å². The number of carbonyl (C=O) groups excluding carboxylic acids is 1. The second-order valence-corrected chi connectivity index (χ2v) is 5.04. The molecule has 2 rings (SSSR count). The minimum Gasteiger partial charge on any atom is -0.507 e. The molecule has 0 aliphatic rings. The van der Waals surface area contributed by atoms with Gasteiger partial charge in [0.2, 0.25) is 0 Å². The molecule has 4 N–H and O–H groups in total. The second-order valence-electron chi connectivity index (χ2n) is 4.18. The molecule has 0 bridgehead atoms. The lowest BCUT2D eigenvalue weighted by atomic mass is 10.1. The van der Waals surface area contributed by atoms with E-state index in [1.54, 1.807) is 24.3 Å². The zero-order valence-corrected chi connectivity index (χ0v) is 11.9. The van der Waals surface area contributed by atoms with Gasteiger partial charge in [-0.1, -0.05) is 12.1 Å². The summed E-state index contributed by atoms with van der Waals surface area (Å²) < 4.78 is 0.703. The van der Waals surface area contributed by atoms with E-state index in [2.05, 4.69) is 21.2 Å². The van der Waals surface area contributed by atoms with Crippen molar-refractivity contribution in [2.45, 2.75) is 6.92 Å². The van der Waals surface area contributed by atoms with E-state index >= 15 is 0 Å². The van der Waals surface area contributed by atoms with Crippen LogP contribution in [0.5, 0.6) is 5.75 Å². The fourth-order valence-corrected chi connectivity index (χ4v) is 2.44. The molecule has 0 aliphatic heterocycles. The number of rotatable bonds is 2. The largest absolute Gasteiger partial charge is 0.507 e. The molecule has 5 heteroatoms. The molecule has 2 aromatic carbocycles. The van der Waals surface area contributed by atoms with E-state index in [1.807, 2.05) is 13.0 Å². The number of phenols is 1. The molecule has 0 spiro atoms. The van der Waals surface area contributed by atoms with E-state index in [0.717, 1.165) is 5.56 Å². The molecule has 0 saturated heterocycles. The van der Waals surface area contributed by atoms with Crippen LogP contribution in [-0.4, -0.2) is 11.0 Å². The quantitative estimate of drug-likeness (QED) is 0.743. The smallest absolute Gasteiger partial charge is 0.259 e. The number of para-hydroxylation sites is 1. The van der Waals surface area contributed by atoms with Crippen LogP contribution in [-0.2, 0) is 0 Å². The number of nitrogens with one attached hydrogen (secondary N) is 1. The molecule has 0 fully saturated rings. The summed E-state index contributed by atoms with van der Waals surface area (Å²) in [6, 6.07) is 9.97. The van der Waals surface area contributed by atoms with Gasteiger partial charge in [0.15, 0.2) is 0 Å². The van der Waals surface area contributed by atoms with Crippen molar-refractivity contribution in [3.8, 4) is 5.75 Å². The molecule has 0 saturated carbocycles. The van der Waals surface area contributed by atoms with Gasteiger partial charge in [-0.2, -0.15) is 0 Å². The van der Waals surface area contributed by atoms with Crippen molar-refractivity contribution in [3.63, 3.8) is 0 Å². The van der Waals surface area contributed by atoms with E-state index < -0.39 is 5.91 Å². The summed E-state index contributed by atoms with van der Waals surface area (Å²) in [7, 11) is 0. The molecule has 19 heavy (non-hydrogen) atoms. The molecule has 0 unspecified atom stereocenters. The maximum absolute atomic E-state index is 12.1. The molecular formula is C14H13BrN2O2. The molecule has 1 amide bonds. The third-order valence-electron chi connectivity index (χ3n) is 2.65. The van der Waals surface area contributed by atoms with Crippen LogP contribution in [0.1, 0.15) is 15.9 Å². The number of hydrogen-bond acceptors (Lipinski definition) is 3. The molecule has 0 aliphatic carbocycles. The van der Waals surface area contributed by atoms with E-state index in [1.165, 1.54) is 6.07 Å². The molecule has 2 aromatic rings. The maximum Gasteiger partial charge on any atom is 0.259 e. The Kier molecular flexibility index (Phi) is 3.76. The zero-order chi connectivity index (χ0) is 14.0. The summed E-state index contributed by atoms with van der Waals surface area (Å²) in [5.41, 5.74) is 8.04. The van der Waals surface area contributed by atoms with E-state index in [-0.39, 0.29) is 11.3 Å². The second kappa shape index (κ2) is 5.32. The number of nitrogen functional groups attached to an aromatic ring is 1. The molecule has 0 atom stereocenters. The Morgan fingerprint density at radius 3 is 2.63 bits per heavy atom. The SMILES string of the molecule is Cc1cc(N)c(NC(=O)c2ccccc2O)c(Br)c1. The number of aryl methyl sites for hydroxylation is 1. The minimum atomic E-state index is -0.408. The number of aromatic hydroxyl groups is 1. The lowest BCUT2D eigenvalue weighted by Gasteiger charge is -2.12. The highest BCUT2D eigenvalue weighted by atomic mass is 79.9. The summed E-state index contributed by atoms with van der Waals surface area (Å²) in [6.07, 6.45) is 0. The first-order valence-electron chi connectivity index (χ1n) is 5.64. The van der Waals surface area contributed by atoms with Gasteiger partial charge in [0.1, 0.15) is 5.75 Å². The van der Waals surface area contributed by atoms with Gasteiger partial charge in [0.25, 0.3) is 5.91 Å². The number of halogens is 1. The van der Waals surface area contributed by atoms with Gasteiger partial charge in [-0.25, -0.2) is 0 Å². The highest BCUT2D eigenvalue weighted by molar-refractivity contribution is 9.10. The monoisotopic (exact) mass is 320 g/mol. The highest BCUT2D eigenvalue weighted by Crippen LogP contribution is 2.31. The van der Waals surface area contributed by atoms with Crippen molar-refractivity contribution >= 4 is 33.2 Å². The Bertz CT molecular complexity index is 618. The van der Waals surface area contributed by atoms with Crippen LogP contribution in [0.25, 0.3) is 0 Å². The van der Waals surface area contributed by atoms with Crippen LogP contribution in [0, 0.1) is 6.92 Å². The lowest BCUT2D eigenvalue weighted by Crippen LogP contribution is -2.14. The summed E-state index contributed by atoms with van der Waals surface area (Å²) >= 11 is 3.36. The van der Waals surface area contributed by atoms with Crippen molar-refractivity contribution < 1.29 is 9.90 Å². The van der Waals surface area contributed by atoms with Crippen LogP contribution >= 0.6 is 15.9 Å². The van der Waals surface area contributed by atoms with E-state index in [9.17, 15) is 9.90 Å². The van der Waals surface area contributed by atoms with Crippen LogP contribution in [0.4, 0.5) is 11.4 Å². The van der Waals surface area contributed by atoms with Crippen LogP contribution < -0.4 is 11.1 Å². The number of hydrogen-bond donors (Lipinski definition) is 3. The Morgan fingerprint density at radius 1 is 1.32 bits per heavy atom. The molecular weight excluding hydrogens is 308 g/mol. The van der Waals surface area contributed by atoms with Crippen molar-refractivity contribution in [1.29, 1.82) is 0 Å². The summed E-state index contributed by atoms with van der Waals surface area (Å²) in [6.45, 7) is 1.91. The topological polar surface area (TPSA) is 75.3 Å². The molecule has 0 aromatic heterocycles. The third-order valence-corrected chi connectivity index (χ3v) is 3.28. The van der Waals surface area contributed by atoms with Crippen LogP contribution in [0.2, 0.25) is 0 Å². The summed E-state index contributed by atoms with van der Waals surface area (Å²) in [5, 5.41) is 12.3. The van der Waals surface area contributed by atoms with Gasteiger partial charge in [0.05, 0.1) is 16.9 Å². The Balaban J connectivity index is 2.32. The first-order valence-corrected chi connectivity index (χ1v) is 6.43. The number of amides is 1. The van der Waals surface area contributed by atoms with Crippen molar-refractivity contribution in [3.05, 3.63) is 52.0 Å². The average molecular weight is 321 g/mol. The Hall–Kier alpha value is -2.01. The third kappa shape index (κ3) is 2.88. The number of phenolic OH excluding ortho intramolecular Hbond substituents is 1. The van der Waals surface area contributed by atoms with Crippen molar-refractivity contribution in [1.82, 2.24) is 0 Å². The zero-order valence-electron chi connectivity index (χ0n) is 10.3. The molecule has 4 nitrogen and oxygen atoms in total. The van der Waals surface area contributed by atoms with Gasteiger partial charge in [-0.05, 0) is 52.7 Å². The number of anilines is 2.